The lowest BCUT2D eigenvalue weighted by atomic mass is 10.0. The SMILES string of the molecule is Cc1ccc([C@@H](C)NC(=O)[C@@H]2CCN(S(C)(=O)=O)c3ccccc3O2)cc1C. The number of anilines is 1. The molecular weight excluding hydrogens is 376 g/mol. The van der Waals surface area contributed by atoms with Crippen molar-refractivity contribution in [3.63, 3.8) is 0 Å². The Balaban J connectivity index is 1.79. The number of nitrogens with one attached hydrogen (secondary N) is 1. The Morgan fingerprint density at radius 1 is 1.18 bits per heavy atom. The third kappa shape index (κ3) is 4.30. The lowest BCUT2D eigenvalue weighted by molar-refractivity contribution is -0.128. The van der Waals surface area contributed by atoms with Gasteiger partial charge in [0.2, 0.25) is 10.0 Å². The Hall–Kier alpha value is -2.54. The van der Waals surface area contributed by atoms with Gasteiger partial charge in [0.25, 0.3) is 5.91 Å². The van der Waals surface area contributed by atoms with Crippen molar-refractivity contribution in [2.24, 2.45) is 0 Å². The summed E-state index contributed by atoms with van der Waals surface area (Å²) >= 11 is 0. The third-order valence-corrected chi connectivity index (χ3v) is 6.26. The van der Waals surface area contributed by atoms with Gasteiger partial charge in [-0.15, -0.1) is 0 Å². The number of rotatable bonds is 4. The second kappa shape index (κ2) is 7.83. The number of carbonyl (C=O) groups is 1. The molecule has 1 heterocycles. The van der Waals surface area contributed by atoms with E-state index in [9.17, 15) is 13.2 Å². The van der Waals surface area contributed by atoms with E-state index in [0.29, 0.717) is 11.4 Å². The standard InChI is InChI=1S/C21H26N2O4S/c1-14-9-10-17(13-15(14)2)16(3)22-21(24)20-11-12-23(28(4,25)26)18-7-5-6-8-19(18)27-20/h5-10,13,16,20H,11-12H2,1-4H3,(H,22,24)/t16-,20+/m1/s1. The van der Waals surface area contributed by atoms with Crippen molar-refractivity contribution in [3.8, 4) is 5.75 Å². The quantitative estimate of drug-likeness (QED) is 0.853. The van der Waals surface area contributed by atoms with Crippen LogP contribution in [0.4, 0.5) is 5.69 Å². The summed E-state index contributed by atoms with van der Waals surface area (Å²) < 4.78 is 31.5. The molecule has 6 nitrogen and oxygen atoms in total. The van der Waals surface area contributed by atoms with E-state index >= 15 is 0 Å². The molecular formula is C21H26N2O4S. The second-order valence-corrected chi connectivity index (χ2v) is 9.18. The molecule has 0 fully saturated rings. The fraction of sp³-hybridized carbons (Fsp3) is 0.381. The largest absolute Gasteiger partial charge is 0.478 e. The van der Waals surface area contributed by atoms with Crippen LogP contribution in [0.25, 0.3) is 0 Å². The van der Waals surface area contributed by atoms with E-state index in [1.807, 2.05) is 32.9 Å². The molecule has 1 aliphatic heterocycles. The Kier molecular flexibility index (Phi) is 5.65. The highest BCUT2D eigenvalue weighted by molar-refractivity contribution is 7.92. The van der Waals surface area contributed by atoms with Crippen LogP contribution in [-0.2, 0) is 14.8 Å². The van der Waals surface area contributed by atoms with Crippen molar-refractivity contribution in [3.05, 3.63) is 59.2 Å². The summed E-state index contributed by atoms with van der Waals surface area (Å²) in [5, 5.41) is 2.99. The molecule has 0 spiro atoms. The van der Waals surface area contributed by atoms with Crippen LogP contribution < -0.4 is 14.4 Å². The highest BCUT2D eigenvalue weighted by Gasteiger charge is 2.31. The molecule has 2 aromatic rings. The van der Waals surface area contributed by atoms with Gasteiger partial charge in [-0.05, 0) is 49.6 Å². The molecule has 1 N–H and O–H groups in total. The predicted octanol–water partition coefficient (Wildman–Crippen LogP) is 3.10. The molecule has 3 rings (SSSR count). The molecule has 1 amide bonds. The summed E-state index contributed by atoms with van der Waals surface area (Å²) in [5.74, 6) is 0.139. The highest BCUT2D eigenvalue weighted by Crippen LogP contribution is 2.34. The lowest BCUT2D eigenvalue weighted by Crippen LogP contribution is -2.40. The predicted molar refractivity (Wildman–Crippen MR) is 110 cm³/mol. The number of benzene rings is 2. The van der Waals surface area contributed by atoms with Gasteiger partial charge in [-0.25, -0.2) is 8.42 Å². The second-order valence-electron chi connectivity index (χ2n) is 7.27. The van der Waals surface area contributed by atoms with Crippen molar-refractivity contribution < 1.29 is 17.9 Å². The van der Waals surface area contributed by atoms with Crippen LogP contribution in [-0.4, -0.2) is 33.2 Å². The van der Waals surface area contributed by atoms with Crippen LogP contribution in [0, 0.1) is 13.8 Å². The van der Waals surface area contributed by atoms with E-state index in [4.69, 9.17) is 4.74 Å². The van der Waals surface area contributed by atoms with E-state index in [1.165, 1.54) is 15.4 Å². The van der Waals surface area contributed by atoms with Crippen molar-refractivity contribution in [2.45, 2.75) is 39.3 Å². The van der Waals surface area contributed by atoms with Crippen LogP contribution in [0.5, 0.6) is 5.75 Å². The monoisotopic (exact) mass is 402 g/mol. The molecule has 2 aromatic carbocycles. The van der Waals surface area contributed by atoms with E-state index in [0.717, 1.165) is 11.8 Å². The molecule has 150 valence electrons. The van der Waals surface area contributed by atoms with Crippen LogP contribution in [0.15, 0.2) is 42.5 Å². The summed E-state index contributed by atoms with van der Waals surface area (Å²) in [6, 6.07) is 12.8. The number of para-hydroxylation sites is 2. The number of hydrogen-bond donors (Lipinski definition) is 1. The molecule has 0 bridgehead atoms. The molecule has 0 aromatic heterocycles. The lowest BCUT2D eigenvalue weighted by Gasteiger charge is -2.21. The van der Waals surface area contributed by atoms with E-state index in [-0.39, 0.29) is 24.9 Å². The first-order valence-electron chi connectivity index (χ1n) is 9.27. The Labute approximate surface area is 166 Å². The minimum Gasteiger partial charge on any atom is -0.478 e. The van der Waals surface area contributed by atoms with Crippen molar-refractivity contribution in [1.29, 1.82) is 0 Å². The number of amides is 1. The van der Waals surface area contributed by atoms with Gasteiger partial charge >= 0.3 is 0 Å². The van der Waals surface area contributed by atoms with Crippen LogP contribution >= 0.6 is 0 Å². The highest BCUT2D eigenvalue weighted by atomic mass is 32.2. The Morgan fingerprint density at radius 2 is 1.89 bits per heavy atom. The van der Waals surface area contributed by atoms with Crippen molar-refractivity contribution in [1.82, 2.24) is 5.32 Å². The van der Waals surface area contributed by atoms with Crippen LogP contribution in [0.3, 0.4) is 0 Å². The molecule has 2 atom stereocenters. The number of nitrogens with zero attached hydrogens (tertiary/aromatic N) is 1. The van der Waals surface area contributed by atoms with Gasteiger partial charge in [-0.1, -0.05) is 30.3 Å². The zero-order valence-electron chi connectivity index (χ0n) is 16.6. The molecule has 0 unspecified atom stereocenters. The number of fused-ring (bicyclic) bond motifs is 1. The van der Waals surface area contributed by atoms with Gasteiger partial charge in [-0.2, -0.15) is 0 Å². The van der Waals surface area contributed by atoms with Gasteiger partial charge < -0.3 is 10.1 Å². The fourth-order valence-electron chi connectivity index (χ4n) is 3.28. The molecule has 0 saturated carbocycles. The van der Waals surface area contributed by atoms with Gasteiger partial charge in [-0.3, -0.25) is 9.10 Å². The van der Waals surface area contributed by atoms with Crippen LogP contribution in [0.1, 0.15) is 36.1 Å². The Bertz CT molecular complexity index is 988. The van der Waals surface area contributed by atoms with E-state index in [1.54, 1.807) is 24.3 Å². The van der Waals surface area contributed by atoms with Crippen molar-refractivity contribution in [2.75, 3.05) is 17.1 Å². The number of hydrogen-bond acceptors (Lipinski definition) is 4. The maximum atomic E-state index is 12.8. The summed E-state index contributed by atoms with van der Waals surface area (Å²) in [6.45, 7) is 6.20. The number of aryl methyl sites for hydroxylation is 2. The molecule has 0 radical (unpaired) electrons. The van der Waals surface area contributed by atoms with Gasteiger partial charge in [0, 0.05) is 13.0 Å². The zero-order valence-corrected chi connectivity index (χ0v) is 17.4. The van der Waals surface area contributed by atoms with Gasteiger partial charge in [0.1, 0.15) is 5.75 Å². The van der Waals surface area contributed by atoms with Gasteiger partial charge in [0.15, 0.2) is 6.10 Å². The third-order valence-electron chi connectivity index (χ3n) is 5.08. The van der Waals surface area contributed by atoms with E-state index < -0.39 is 16.1 Å². The number of sulfonamides is 1. The van der Waals surface area contributed by atoms with Crippen LogP contribution in [0.2, 0.25) is 0 Å². The maximum Gasteiger partial charge on any atom is 0.261 e. The number of ether oxygens (including phenoxy) is 1. The molecule has 7 heteroatoms. The van der Waals surface area contributed by atoms with E-state index in [2.05, 4.69) is 11.4 Å². The smallest absolute Gasteiger partial charge is 0.261 e. The topological polar surface area (TPSA) is 75.7 Å². The summed E-state index contributed by atoms with van der Waals surface area (Å²) in [6.07, 6.45) is 0.668. The molecule has 0 aliphatic carbocycles. The number of carbonyl (C=O) groups excluding carboxylic acids is 1. The minimum absolute atomic E-state index is 0.181. The molecule has 0 saturated heterocycles. The fourth-order valence-corrected chi connectivity index (χ4v) is 4.23. The maximum absolute atomic E-state index is 12.8. The average Bonchev–Trinajstić information content (AvgIpc) is 2.83. The summed E-state index contributed by atoms with van der Waals surface area (Å²) in [5.41, 5.74) is 3.85. The Morgan fingerprint density at radius 3 is 2.57 bits per heavy atom. The summed E-state index contributed by atoms with van der Waals surface area (Å²) in [4.78, 5) is 12.8. The van der Waals surface area contributed by atoms with Gasteiger partial charge in [0.05, 0.1) is 18.0 Å². The minimum atomic E-state index is -3.47. The normalized spacial score (nSPS) is 17.9. The zero-order chi connectivity index (χ0) is 20.5. The first-order valence-corrected chi connectivity index (χ1v) is 11.1. The first kappa shape index (κ1) is 20.2. The molecule has 28 heavy (non-hydrogen) atoms. The average molecular weight is 403 g/mol. The molecule has 1 aliphatic rings. The summed E-state index contributed by atoms with van der Waals surface area (Å²) in [7, 11) is -3.47. The van der Waals surface area contributed by atoms with Crippen molar-refractivity contribution >= 4 is 21.6 Å². The first-order chi connectivity index (χ1) is 13.2.